The highest BCUT2D eigenvalue weighted by molar-refractivity contribution is 5.93. The topological polar surface area (TPSA) is 40.5 Å². The van der Waals surface area contributed by atoms with Crippen LogP contribution in [0, 0.1) is 0 Å². The number of nitrogens with zero attached hydrogens (tertiary/aromatic N) is 1. The molecule has 0 saturated heterocycles. The van der Waals surface area contributed by atoms with Gasteiger partial charge in [-0.3, -0.25) is 10.0 Å². The number of hydrogen-bond acceptors (Lipinski definition) is 2. The van der Waals surface area contributed by atoms with Crippen LogP contribution in [0.2, 0.25) is 0 Å². The molecule has 1 amide bonds. The summed E-state index contributed by atoms with van der Waals surface area (Å²) in [6, 6.07) is 8.68. The lowest BCUT2D eigenvalue weighted by Gasteiger charge is -2.11. The van der Waals surface area contributed by atoms with Crippen LogP contribution in [0.1, 0.15) is 17.3 Å². The molecule has 1 N–H and O–H groups in total. The van der Waals surface area contributed by atoms with Gasteiger partial charge in [0.25, 0.3) is 5.91 Å². The van der Waals surface area contributed by atoms with E-state index in [2.05, 4.69) is 0 Å². The SMILES string of the molecule is CCN(O)C(=O)c1ccccc1. The molecule has 0 unspecified atom stereocenters. The highest BCUT2D eigenvalue weighted by Crippen LogP contribution is 2.01. The van der Waals surface area contributed by atoms with Crippen molar-refractivity contribution in [1.82, 2.24) is 5.06 Å². The highest BCUT2D eigenvalue weighted by Gasteiger charge is 2.09. The highest BCUT2D eigenvalue weighted by atomic mass is 16.5. The van der Waals surface area contributed by atoms with Gasteiger partial charge in [0, 0.05) is 12.1 Å². The third-order valence-corrected chi connectivity index (χ3v) is 1.55. The molecule has 1 aromatic rings. The molecule has 64 valence electrons. The van der Waals surface area contributed by atoms with Gasteiger partial charge >= 0.3 is 0 Å². The Kier molecular flexibility index (Phi) is 2.82. The number of carbonyl (C=O) groups excluding carboxylic acids is 1. The molecule has 0 aliphatic rings. The average Bonchev–Trinajstić information content (AvgIpc) is 2.17. The fraction of sp³-hybridized carbons (Fsp3) is 0.222. The third kappa shape index (κ3) is 1.83. The Labute approximate surface area is 71.2 Å². The first-order valence-corrected chi connectivity index (χ1v) is 3.81. The van der Waals surface area contributed by atoms with E-state index in [9.17, 15) is 4.79 Å². The van der Waals surface area contributed by atoms with Crippen molar-refractivity contribution < 1.29 is 10.0 Å². The van der Waals surface area contributed by atoms with Crippen LogP contribution in [0.15, 0.2) is 30.3 Å². The molecule has 12 heavy (non-hydrogen) atoms. The summed E-state index contributed by atoms with van der Waals surface area (Å²) in [6.45, 7) is 2.01. The molecular formula is C9H11NO2. The summed E-state index contributed by atoms with van der Waals surface area (Å²) in [5.74, 6) is -0.363. The van der Waals surface area contributed by atoms with E-state index in [4.69, 9.17) is 5.21 Å². The average molecular weight is 165 g/mol. The summed E-state index contributed by atoms with van der Waals surface area (Å²) in [5.41, 5.74) is 0.502. The summed E-state index contributed by atoms with van der Waals surface area (Å²) >= 11 is 0. The smallest absolute Gasteiger partial charge is 0.277 e. The Morgan fingerprint density at radius 1 is 1.42 bits per heavy atom. The van der Waals surface area contributed by atoms with Crippen molar-refractivity contribution in [1.29, 1.82) is 0 Å². The van der Waals surface area contributed by atoms with Crippen LogP contribution in [-0.4, -0.2) is 22.7 Å². The molecule has 0 bridgehead atoms. The van der Waals surface area contributed by atoms with Crippen molar-refractivity contribution in [3.05, 3.63) is 35.9 Å². The van der Waals surface area contributed by atoms with Gasteiger partial charge in [0.2, 0.25) is 0 Å². The molecule has 0 radical (unpaired) electrons. The van der Waals surface area contributed by atoms with Gasteiger partial charge in [-0.1, -0.05) is 18.2 Å². The van der Waals surface area contributed by atoms with Crippen LogP contribution in [0.25, 0.3) is 0 Å². The lowest BCUT2D eigenvalue weighted by molar-refractivity contribution is -0.0541. The number of hydroxylamine groups is 2. The van der Waals surface area contributed by atoms with E-state index in [1.165, 1.54) is 0 Å². The number of benzene rings is 1. The molecule has 1 rings (SSSR count). The Hall–Kier alpha value is -1.35. The minimum Gasteiger partial charge on any atom is -0.286 e. The van der Waals surface area contributed by atoms with Gasteiger partial charge in [-0.15, -0.1) is 0 Å². The maximum atomic E-state index is 11.3. The number of carbonyl (C=O) groups is 1. The summed E-state index contributed by atoms with van der Waals surface area (Å²) in [5, 5.41) is 9.75. The number of rotatable bonds is 2. The zero-order valence-electron chi connectivity index (χ0n) is 6.90. The van der Waals surface area contributed by atoms with Crippen molar-refractivity contribution in [2.45, 2.75) is 6.92 Å². The number of hydrogen-bond donors (Lipinski definition) is 1. The Bertz CT molecular complexity index is 258. The van der Waals surface area contributed by atoms with E-state index in [0.29, 0.717) is 17.2 Å². The van der Waals surface area contributed by atoms with Gasteiger partial charge in [0.1, 0.15) is 0 Å². The fourth-order valence-corrected chi connectivity index (χ4v) is 0.873. The molecule has 0 aliphatic heterocycles. The molecule has 0 saturated carbocycles. The number of amides is 1. The van der Waals surface area contributed by atoms with Gasteiger partial charge in [0.05, 0.1) is 0 Å². The van der Waals surface area contributed by atoms with Crippen LogP contribution in [0.5, 0.6) is 0 Å². The van der Waals surface area contributed by atoms with Crippen molar-refractivity contribution in [3.8, 4) is 0 Å². The van der Waals surface area contributed by atoms with Gasteiger partial charge in [-0.05, 0) is 19.1 Å². The van der Waals surface area contributed by atoms with E-state index in [0.717, 1.165) is 0 Å². The van der Waals surface area contributed by atoms with E-state index in [1.807, 2.05) is 6.07 Å². The maximum absolute atomic E-state index is 11.3. The summed E-state index contributed by atoms with van der Waals surface area (Å²) in [7, 11) is 0. The maximum Gasteiger partial charge on any atom is 0.277 e. The molecule has 0 spiro atoms. The molecule has 3 nitrogen and oxygen atoms in total. The first-order valence-electron chi connectivity index (χ1n) is 3.81. The molecule has 1 aromatic carbocycles. The first kappa shape index (κ1) is 8.74. The van der Waals surface area contributed by atoms with Crippen LogP contribution in [-0.2, 0) is 0 Å². The molecule has 3 heteroatoms. The standard InChI is InChI=1S/C9H11NO2/c1-2-10(12)9(11)8-6-4-3-5-7-8/h3-7,12H,2H2,1H3. The van der Waals surface area contributed by atoms with Crippen molar-refractivity contribution in [3.63, 3.8) is 0 Å². The van der Waals surface area contributed by atoms with E-state index in [-0.39, 0.29) is 5.91 Å². The largest absolute Gasteiger partial charge is 0.286 e. The lowest BCUT2D eigenvalue weighted by atomic mass is 10.2. The van der Waals surface area contributed by atoms with Gasteiger partial charge in [0.15, 0.2) is 0 Å². The molecule has 0 heterocycles. The molecule has 0 aliphatic carbocycles. The van der Waals surface area contributed by atoms with Crippen molar-refractivity contribution in [2.24, 2.45) is 0 Å². The second-order valence-corrected chi connectivity index (χ2v) is 2.39. The summed E-state index contributed by atoms with van der Waals surface area (Å²) < 4.78 is 0. The molecule has 0 aromatic heterocycles. The Balaban J connectivity index is 2.79. The zero-order chi connectivity index (χ0) is 8.97. The monoisotopic (exact) mass is 165 g/mol. The van der Waals surface area contributed by atoms with Crippen LogP contribution in [0.4, 0.5) is 0 Å². The lowest BCUT2D eigenvalue weighted by Crippen LogP contribution is -2.26. The predicted molar refractivity (Wildman–Crippen MR) is 44.9 cm³/mol. The minimum absolute atomic E-state index is 0.299. The molecule has 0 atom stereocenters. The normalized spacial score (nSPS) is 9.50. The van der Waals surface area contributed by atoms with Gasteiger partial charge in [-0.25, -0.2) is 5.06 Å². The second kappa shape index (κ2) is 3.88. The van der Waals surface area contributed by atoms with E-state index in [1.54, 1.807) is 31.2 Å². The van der Waals surface area contributed by atoms with Gasteiger partial charge < -0.3 is 0 Å². The zero-order valence-corrected chi connectivity index (χ0v) is 6.90. The summed E-state index contributed by atoms with van der Waals surface area (Å²) in [6.07, 6.45) is 0. The third-order valence-electron chi connectivity index (χ3n) is 1.55. The molecular weight excluding hydrogens is 154 g/mol. The quantitative estimate of drug-likeness (QED) is 0.533. The predicted octanol–water partition coefficient (Wildman–Crippen LogP) is 1.54. The Morgan fingerprint density at radius 3 is 2.50 bits per heavy atom. The van der Waals surface area contributed by atoms with Crippen LogP contribution < -0.4 is 0 Å². The van der Waals surface area contributed by atoms with E-state index < -0.39 is 0 Å². The van der Waals surface area contributed by atoms with E-state index >= 15 is 0 Å². The van der Waals surface area contributed by atoms with Crippen LogP contribution in [0.3, 0.4) is 0 Å². The summed E-state index contributed by atoms with van der Waals surface area (Å²) in [4.78, 5) is 11.3. The Morgan fingerprint density at radius 2 is 2.00 bits per heavy atom. The first-order chi connectivity index (χ1) is 5.75. The second-order valence-electron chi connectivity index (χ2n) is 2.39. The van der Waals surface area contributed by atoms with Crippen molar-refractivity contribution >= 4 is 5.91 Å². The van der Waals surface area contributed by atoms with Crippen molar-refractivity contribution in [2.75, 3.05) is 6.54 Å². The fourth-order valence-electron chi connectivity index (χ4n) is 0.873. The molecule has 0 fully saturated rings. The van der Waals surface area contributed by atoms with Crippen LogP contribution >= 0.6 is 0 Å². The van der Waals surface area contributed by atoms with Gasteiger partial charge in [-0.2, -0.15) is 0 Å². The minimum atomic E-state index is -0.363.